The summed E-state index contributed by atoms with van der Waals surface area (Å²) < 4.78 is 0. The van der Waals surface area contributed by atoms with Crippen LogP contribution in [0, 0.1) is 0 Å². The van der Waals surface area contributed by atoms with Crippen LogP contribution in [0.3, 0.4) is 0 Å². The summed E-state index contributed by atoms with van der Waals surface area (Å²) in [5.74, 6) is 0.776. The van der Waals surface area contributed by atoms with Crippen molar-refractivity contribution in [3.05, 3.63) is 23.4 Å². The Morgan fingerprint density at radius 2 is 2.00 bits per heavy atom. The molecule has 1 aliphatic carbocycles. The monoisotopic (exact) mass is 289 g/mol. The number of hydrogen-bond donors (Lipinski definition) is 2. The number of carbonyl (C=O) groups is 1. The lowest BCUT2D eigenvalue weighted by Crippen LogP contribution is -2.51. The molecule has 1 heterocycles. The van der Waals surface area contributed by atoms with E-state index in [2.05, 4.69) is 43.3 Å². The molecule has 0 aromatic carbocycles. The van der Waals surface area contributed by atoms with Crippen LogP contribution in [0.5, 0.6) is 0 Å². The largest absolute Gasteiger partial charge is 0.370 e. The van der Waals surface area contributed by atoms with Crippen LogP contribution in [-0.2, 0) is 5.41 Å². The Bertz CT molecular complexity index is 527. The zero-order chi connectivity index (χ0) is 15.7. The average molecular weight is 289 g/mol. The number of hydrogen-bond acceptors (Lipinski definition) is 3. The van der Waals surface area contributed by atoms with E-state index in [-0.39, 0.29) is 16.9 Å². The molecule has 1 aromatic rings. The topological polar surface area (TPSA) is 54.0 Å². The summed E-state index contributed by atoms with van der Waals surface area (Å²) in [5.41, 5.74) is 1.52. The van der Waals surface area contributed by atoms with Crippen molar-refractivity contribution < 1.29 is 4.79 Å². The van der Waals surface area contributed by atoms with Crippen molar-refractivity contribution in [3.8, 4) is 0 Å². The second-order valence-electron chi connectivity index (χ2n) is 7.27. The molecule has 0 spiro atoms. The number of rotatable bonds is 4. The van der Waals surface area contributed by atoms with Crippen molar-refractivity contribution in [1.29, 1.82) is 0 Å². The van der Waals surface area contributed by atoms with Gasteiger partial charge in [-0.1, -0.05) is 20.8 Å². The van der Waals surface area contributed by atoms with Crippen molar-refractivity contribution >= 4 is 11.7 Å². The van der Waals surface area contributed by atoms with E-state index >= 15 is 0 Å². The smallest absolute Gasteiger partial charge is 0.251 e. The predicted molar refractivity (Wildman–Crippen MR) is 86.8 cm³/mol. The van der Waals surface area contributed by atoms with E-state index < -0.39 is 0 Å². The molecule has 21 heavy (non-hydrogen) atoms. The fourth-order valence-electron chi connectivity index (χ4n) is 2.50. The van der Waals surface area contributed by atoms with Gasteiger partial charge >= 0.3 is 0 Å². The minimum atomic E-state index is -0.0825. The SMILES string of the molecule is CCNc1cc(C(=O)NC2(C)CCC2)cc(C(C)(C)C)n1. The molecular formula is C17H27N3O. The third kappa shape index (κ3) is 3.74. The Kier molecular flexibility index (Phi) is 4.26. The summed E-state index contributed by atoms with van der Waals surface area (Å²) in [6.45, 7) is 11.3. The van der Waals surface area contributed by atoms with Crippen LogP contribution >= 0.6 is 0 Å². The molecule has 1 aliphatic rings. The maximum Gasteiger partial charge on any atom is 0.251 e. The molecule has 0 unspecified atom stereocenters. The highest BCUT2D eigenvalue weighted by atomic mass is 16.1. The first-order valence-corrected chi connectivity index (χ1v) is 7.82. The van der Waals surface area contributed by atoms with Crippen LogP contribution in [0.25, 0.3) is 0 Å². The number of pyridine rings is 1. The number of nitrogens with zero attached hydrogens (tertiary/aromatic N) is 1. The van der Waals surface area contributed by atoms with E-state index in [1.807, 2.05) is 19.1 Å². The molecule has 116 valence electrons. The summed E-state index contributed by atoms with van der Waals surface area (Å²) >= 11 is 0. The maximum atomic E-state index is 12.5. The van der Waals surface area contributed by atoms with Gasteiger partial charge in [-0.15, -0.1) is 0 Å². The molecule has 0 atom stereocenters. The fraction of sp³-hybridized carbons (Fsp3) is 0.647. The molecular weight excluding hydrogens is 262 g/mol. The molecule has 4 nitrogen and oxygen atoms in total. The molecule has 0 saturated heterocycles. The number of nitrogens with one attached hydrogen (secondary N) is 2. The van der Waals surface area contributed by atoms with E-state index in [1.54, 1.807) is 0 Å². The minimum Gasteiger partial charge on any atom is -0.370 e. The molecule has 0 radical (unpaired) electrons. The van der Waals surface area contributed by atoms with E-state index in [0.29, 0.717) is 5.56 Å². The van der Waals surface area contributed by atoms with Gasteiger partial charge < -0.3 is 10.6 Å². The molecule has 1 saturated carbocycles. The minimum absolute atomic E-state index is 0.00394. The third-order valence-corrected chi connectivity index (χ3v) is 4.09. The van der Waals surface area contributed by atoms with E-state index in [4.69, 9.17) is 0 Å². The highest BCUT2D eigenvalue weighted by molar-refractivity contribution is 5.95. The van der Waals surface area contributed by atoms with E-state index in [9.17, 15) is 4.79 Å². The first-order valence-electron chi connectivity index (χ1n) is 7.82. The van der Waals surface area contributed by atoms with Crippen LogP contribution in [0.1, 0.15) is 69.9 Å². The molecule has 1 amide bonds. The van der Waals surface area contributed by atoms with Gasteiger partial charge in [0.25, 0.3) is 5.91 Å². The van der Waals surface area contributed by atoms with Gasteiger partial charge in [-0.05, 0) is 45.2 Å². The van der Waals surface area contributed by atoms with Crippen LogP contribution < -0.4 is 10.6 Å². The summed E-state index contributed by atoms with van der Waals surface area (Å²) in [6.07, 6.45) is 3.33. The number of amides is 1. The number of carbonyl (C=O) groups excluding carboxylic acids is 1. The summed E-state index contributed by atoms with van der Waals surface area (Å²) in [5, 5.41) is 6.38. The maximum absolute atomic E-state index is 12.5. The van der Waals surface area contributed by atoms with Crippen LogP contribution in [0.15, 0.2) is 12.1 Å². The summed E-state index contributed by atoms with van der Waals surface area (Å²) in [6, 6.07) is 3.76. The van der Waals surface area contributed by atoms with Crippen LogP contribution in [0.4, 0.5) is 5.82 Å². The van der Waals surface area contributed by atoms with E-state index in [1.165, 1.54) is 6.42 Å². The third-order valence-electron chi connectivity index (χ3n) is 4.09. The van der Waals surface area contributed by atoms with Crippen molar-refractivity contribution in [1.82, 2.24) is 10.3 Å². The number of anilines is 1. The zero-order valence-electron chi connectivity index (χ0n) is 13.8. The Labute approximate surface area is 127 Å². The summed E-state index contributed by atoms with van der Waals surface area (Å²) in [7, 11) is 0. The lowest BCUT2D eigenvalue weighted by Gasteiger charge is -2.39. The van der Waals surface area contributed by atoms with Crippen LogP contribution in [0.2, 0.25) is 0 Å². The average Bonchev–Trinajstić information content (AvgIpc) is 2.36. The molecule has 1 fully saturated rings. The van der Waals surface area contributed by atoms with Gasteiger partial charge in [0.15, 0.2) is 0 Å². The van der Waals surface area contributed by atoms with Gasteiger partial charge in [0.1, 0.15) is 5.82 Å². The first-order chi connectivity index (χ1) is 9.73. The molecule has 0 bridgehead atoms. The lowest BCUT2D eigenvalue weighted by atomic mass is 9.78. The normalized spacial score (nSPS) is 17.0. The fourth-order valence-corrected chi connectivity index (χ4v) is 2.50. The van der Waals surface area contributed by atoms with Gasteiger partial charge in [-0.2, -0.15) is 0 Å². The van der Waals surface area contributed by atoms with Gasteiger partial charge in [0.2, 0.25) is 0 Å². The Balaban J connectivity index is 2.28. The van der Waals surface area contributed by atoms with Crippen molar-refractivity contribution in [2.45, 2.75) is 64.8 Å². The van der Waals surface area contributed by atoms with Crippen molar-refractivity contribution in [3.63, 3.8) is 0 Å². The molecule has 1 aromatic heterocycles. The van der Waals surface area contributed by atoms with E-state index in [0.717, 1.165) is 30.9 Å². The molecule has 0 aliphatic heterocycles. The molecule has 2 rings (SSSR count). The second kappa shape index (κ2) is 5.66. The van der Waals surface area contributed by atoms with Gasteiger partial charge in [0, 0.05) is 28.8 Å². The molecule has 2 N–H and O–H groups in total. The van der Waals surface area contributed by atoms with Crippen molar-refractivity contribution in [2.75, 3.05) is 11.9 Å². The summed E-state index contributed by atoms with van der Waals surface area (Å²) in [4.78, 5) is 17.1. The standard InChI is InChI=1S/C17H27N3O/c1-6-18-14-11-12(10-13(19-14)16(2,3)4)15(21)20-17(5)8-7-9-17/h10-11H,6-9H2,1-5H3,(H,18,19)(H,20,21). The molecule has 4 heteroatoms. The highest BCUT2D eigenvalue weighted by Crippen LogP contribution is 2.31. The second-order valence-corrected chi connectivity index (χ2v) is 7.27. The zero-order valence-corrected chi connectivity index (χ0v) is 13.8. The highest BCUT2D eigenvalue weighted by Gasteiger charge is 2.33. The number of aromatic nitrogens is 1. The first kappa shape index (κ1) is 15.8. The van der Waals surface area contributed by atoms with Gasteiger partial charge in [0.05, 0.1) is 0 Å². The van der Waals surface area contributed by atoms with Gasteiger partial charge in [-0.3, -0.25) is 4.79 Å². The van der Waals surface area contributed by atoms with Gasteiger partial charge in [-0.25, -0.2) is 4.98 Å². The van der Waals surface area contributed by atoms with Crippen molar-refractivity contribution in [2.24, 2.45) is 0 Å². The Morgan fingerprint density at radius 3 is 2.48 bits per heavy atom. The Hall–Kier alpha value is -1.58. The van der Waals surface area contributed by atoms with Crippen LogP contribution in [-0.4, -0.2) is 23.0 Å². The Morgan fingerprint density at radius 1 is 1.33 bits per heavy atom. The predicted octanol–water partition coefficient (Wildman–Crippen LogP) is 3.48. The quantitative estimate of drug-likeness (QED) is 0.892. The lowest BCUT2D eigenvalue weighted by molar-refractivity contribution is 0.0850.